The average molecular weight is 257 g/mol. The van der Waals surface area contributed by atoms with Gasteiger partial charge in [-0.1, -0.05) is 6.08 Å². The van der Waals surface area contributed by atoms with Gasteiger partial charge in [-0.3, -0.25) is 0 Å². The van der Waals surface area contributed by atoms with Gasteiger partial charge in [-0.25, -0.2) is 12.8 Å². The Balaban J connectivity index is 1.99. The summed E-state index contributed by atoms with van der Waals surface area (Å²) < 4.78 is 35.2. The maximum absolute atomic E-state index is 12.9. The van der Waals surface area contributed by atoms with Crippen LogP contribution in [0.15, 0.2) is 29.7 Å². The number of aromatic hydroxyl groups is 1. The zero-order valence-electron chi connectivity index (χ0n) is 8.93. The fraction of sp³-hybridized carbons (Fsp3) is 0.273. The summed E-state index contributed by atoms with van der Waals surface area (Å²) in [5, 5.41) is 13.6. The number of phenolic OH excluding ortho intramolecular Hbond substituents is 1. The molecule has 1 atom stereocenters. The second kappa shape index (κ2) is 4.46. The first-order valence-electron chi connectivity index (χ1n) is 5.08. The minimum Gasteiger partial charge on any atom is -0.508 e. The molecule has 17 heavy (non-hydrogen) atoms. The van der Waals surface area contributed by atoms with E-state index in [1.54, 1.807) is 6.08 Å². The Labute approximate surface area is 98.7 Å². The number of hydrogen-bond donors (Lipinski definition) is 2. The van der Waals surface area contributed by atoms with Gasteiger partial charge in [-0.2, -0.15) is 0 Å². The third-order valence-electron chi connectivity index (χ3n) is 2.53. The molecule has 1 unspecified atom stereocenters. The van der Waals surface area contributed by atoms with Crippen molar-refractivity contribution in [2.45, 2.75) is 12.6 Å². The van der Waals surface area contributed by atoms with Gasteiger partial charge in [-0.05, 0) is 18.2 Å². The number of halogens is 1. The lowest BCUT2D eigenvalue weighted by molar-refractivity contribution is 0.460. The maximum atomic E-state index is 12.9. The first-order chi connectivity index (χ1) is 7.96. The van der Waals surface area contributed by atoms with Gasteiger partial charge in [0.2, 0.25) is 0 Å². The number of rotatable bonds is 3. The van der Waals surface area contributed by atoms with Crippen LogP contribution in [0.1, 0.15) is 5.56 Å². The van der Waals surface area contributed by atoms with E-state index in [0.717, 1.165) is 5.41 Å². The summed E-state index contributed by atoms with van der Waals surface area (Å²) in [6.07, 6.45) is 1.55. The lowest BCUT2D eigenvalue weighted by Gasteiger charge is -2.10. The molecule has 0 saturated carbocycles. The molecule has 92 valence electrons. The minimum atomic E-state index is -3.10. The van der Waals surface area contributed by atoms with Crippen molar-refractivity contribution in [2.75, 3.05) is 5.75 Å². The summed E-state index contributed by atoms with van der Waals surface area (Å²) >= 11 is 0. The van der Waals surface area contributed by atoms with Crippen LogP contribution in [-0.4, -0.2) is 25.3 Å². The zero-order valence-corrected chi connectivity index (χ0v) is 9.74. The topological polar surface area (TPSA) is 66.4 Å². The molecule has 0 amide bonds. The van der Waals surface area contributed by atoms with E-state index < -0.39 is 15.7 Å². The molecule has 1 aromatic carbocycles. The number of nitrogens with one attached hydrogen (secondary N) is 1. The monoisotopic (exact) mass is 257 g/mol. The van der Waals surface area contributed by atoms with E-state index in [9.17, 15) is 17.9 Å². The number of benzene rings is 1. The van der Waals surface area contributed by atoms with E-state index in [0.29, 0.717) is 5.56 Å². The average Bonchev–Trinajstić information content (AvgIpc) is 2.60. The van der Waals surface area contributed by atoms with Crippen molar-refractivity contribution in [2.24, 2.45) is 0 Å². The van der Waals surface area contributed by atoms with Crippen molar-refractivity contribution in [1.29, 1.82) is 0 Å². The molecule has 6 heteroatoms. The summed E-state index contributed by atoms with van der Waals surface area (Å²) in [7, 11) is -3.10. The van der Waals surface area contributed by atoms with E-state index in [4.69, 9.17) is 0 Å². The third-order valence-corrected chi connectivity index (χ3v) is 3.92. The molecule has 0 radical (unpaired) electrons. The van der Waals surface area contributed by atoms with Gasteiger partial charge < -0.3 is 10.4 Å². The molecule has 0 bridgehead atoms. The maximum Gasteiger partial charge on any atom is 0.173 e. The van der Waals surface area contributed by atoms with E-state index >= 15 is 0 Å². The van der Waals surface area contributed by atoms with Crippen LogP contribution in [0.4, 0.5) is 4.39 Å². The van der Waals surface area contributed by atoms with Gasteiger partial charge >= 0.3 is 0 Å². The van der Waals surface area contributed by atoms with Crippen LogP contribution in [0.5, 0.6) is 5.75 Å². The Kier molecular flexibility index (Phi) is 3.17. The molecule has 0 spiro atoms. The summed E-state index contributed by atoms with van der Waals surface area (Å²) in [6.45, 7) is 0.216. The number of hydrogen-bond acceptors (Lipinski definition) is 4. The molecule has 1 heterocycles. The number of phenols is 1. The van der Waals surface area contributed by atoms with E-state index in [-0.39, 0.29) is 24.1 Å². The fourth-order valence-corrected chi connectivity index (χ4v) is 2.91. The van der Waals surface area contributed by atoms with Crippen LogP contribution < -0.4 is 5.32 Å². The highest BCUT2D eigenvalue weighted by atomic mass is 32.2. The summed E-state index contributed by atoms with van der Waals surface area (Å²) in [5.41, 5.74) is 0.405. The Bertz CT molecular complexity index is 554. The normalized spacial score (nSPS) is 21.8. The van der Waals surface area contributed by atoms with Crippen molar-refractivity contribution >= 4 is 9.84 Å². The molecule has 0 fully saturated rings. The second-order valence-corrected chi connectivity index (χ2v) is 5.85. The van der Waals surface area contributed by atoms with Crippen LogP contribution in [0.2, 0.25) is 0 Å². The smallest absolute Gasteiger partial charge is 0.173 e. The predicted molar refractivity (Wildman–Crippen MR) is 61.6 cm³/mol. The molecular weight excluding hydrogens is 245 g/mol. The predicted octanol–water partition coefficient (Wildman–Crippen LogP) is 0.932. The van der Waals surface area contributed by atoms with Gasteiger partial charge in [0.05, 0.1) is 5.75 Å². The molecule has 1 aromatic rings. The summed E-state index contributed by atoms with van der Waals surface area (Å²) in [5.74, 6) is -0.443. The summed E-state index contributed by atoms with van der Waals surface area (Å²) in [4.78, 5) is 0. The zero-order chi connectivity index (χ0) is 12.5. The van der Waals surface area contributed by atoms with Crippen molar-refractivity contribution in [1.82, 2.24) is 5.32 Å². The summed E-state index contributed by atoms with van der Waals surface area (Å²) in [6, 6.07) is 3.37. The second-order valence-electron chi connectivity index (χ2n) is 3.92. The lowest BCUT2D eigenvalue weighted by Crippen LogP contribution is -2.29. The van der Waals surface area contributed by atoms with Crippen LogP contribution in [0.25, 0.3) is 0 Å². The van der Waals surface area contributed by atoms with Crippen LogP contribution >= 0.6 is 0 Å². The molecule has 2 N–H and O–H groups in total. The molecule has 1 aliphatic heterocycles. The quantitative estimate of drug-likeness (QED) is 0.845. The van der Waals surface area contributed by atoms with Gasteiger partial charge in [-0.15, -0.1) is 0 Å². The first-order valence-corrected chi connectivity index (χ1v) is 6.79. The SMILES string of the molecule is O=S1(=O)C=CC(NCc2cc(F)ccc2O)C1. The van der Waals surface area contributed by atoms with Crippen LogP contribution in [0, 0.1) is 5.82 Å². The minimum absolute atomic E-state index is 0.00305. The standard InChI is InChI=1S/C11H12FNO3S/c12-9-1-2-11(14)8(5-9)6-13-10-3-4-17(15,16)7-10/h1-5,10,13-14H,6-7H2. The van der Waals surface area contributed by atoms with Crippen molar-refractivity contribution in [3.8, 4) is 5.75 Å². The molecule has 0 aliphatic carbocycles. The van der Waals surface area contributed by atoms with E-state index in [1.807, 2.05) is 0 Å². The molecule has 4 nitrogen and oxygen atoms in total. The highest BCUT2D eigenvalue weighted by Gasteiger charge is 2.21. The van der Waals surface area contributed by atoms with Gasteiger partial charge in [0.25, 0.3) is 0 Å². The molecule has 0 aromatic heterocycles. The third kappa shape index (κ3) is 3.04. The molecule has 2 rings (SSSR count). The first kappa shape index (κ1) is 12.1. The Morgan fingerprint density at radius 3 is 2.88 bits per heavy atom. The number of sulfone groups is 1. The van der Waals surface area contributed by atoms with Crippen molar-refractivity contribution < 1.29 is 17.9 Å². The van der Waals surface area contributed by atoms with Crippen LogP contribution in [-0.2, 0) is 16.4 Å². The Morgan fingerprint density at radius 2 is 2.24 bits per heavy atom. The highest BCUT2D eigenvalue weighted by molar-refractivity contribution is 7.94. The largest absolute Gasteiger partial charge is 0.508 e. The highest BCUT2D eigenvalue weighted by Crippen LogP contribution is 2.18. The van der Waals surface area contributed by atoms with E-state index in [2.05, 4.69) is 5.32 Å². The fourth-order valence-electron chi connectivity index (χ4n) is 1.64. The molecular formula is C11H12FNO3S. The molecule has 1 aliphatic rings. The van der Waals surface area contributed by atoms with Gasteiger partial charge in [0.1, 0.15) is 11.6 Å². The van der Waals surface area contributed by atoms with Crippen molar-refractivity contribution in [3.05, 3.63) is 41.1 Å². The lowest BCUT2D eigenvalue weighted by atomic mass is 10.2. The molecule has 0 saturated heterocycles. The van der Waals surface area contributed by atoms with Gasteiger partial charge in [0.15, 0.2) is 9.84 Å². The van der Waals surface area contributed by atoms with Crippen molar-refractivity contribution in [3.63, 3.8) is 0 Å². The van der Waals surface area contributed by atoms with Crippen LogP contribution in [0.3, 0.4) is 0 Å². The van der Waals surface area contributed by atoms with E-state index in [1.165, 1.54) is 18.2 Å². The van der Waals surface area contributed by atoms with Gasteiger partial charge in [0, 0.05) is 23.6 Å². The Hall–Kier alpha value is -1.40. The Morgan fingerprint density at radius 1 is 1.47 bits per heavy atom.